The van der Waals surface area contributed by atoms with E-state index >= 15 is 0 Å². The second-order valence-corrected chi connectivity index (χ2v) is 5.91. The van der Waals surface area contributed by atoms with Crippen LogP contribution in [-0.4, -0.2) is 31.2 Å². The standard InChI is InChI=1S/C18H24N2O4/c1-6-7-10-23-16-14-9-8-13(19(3)4)11-15(14)20(5)18(22)17(16)24-12(2)21/h8-9,11H,6-7,10H2,1-5H3. The van der Waals surface area contributed by atoms with Crippen molar-refractivity contribution in [3.8, 4) is 11.5 Å². The predicted octanol–water partition coefficient (Wildman–Crippen LogP) is 2.71. The molecule has 0 aliphatic heterocycles. The summed E-state index contributed by atoms with van der Waals surface area (Å²) in [4.78, 5) is 26.0. The van der Waals surface area contributed by atoms with E-state index in [0.717, 1.165) is 29.4 Å². The van der Waals surface area contributed by atoms with Crippen molar-refractivity contribution in [3.63, 3.8) is 0 Å². The fourth-order valence-corrected chi connectivity index (χ4v) is 2.44. The van der Waals surface area contributed by atoms with Crippen LogP contribution in [0.4, 0.5) is 5.69 Å². The third kappa shape index (κ3) is 3.53. The molecule has 0 amide bonds. The summed E-state index contributed by atoms with van der Waals surface area (Å²) < 4.78 is 12.5. The van der Waals surface area contributed by atoms with Gasteiger partial charge in [0.05, 0.1) is 12.1 Å². The van der Waals surface area contributed by atoms with Crippen LogP contribution in [0.5, 0.6) is 11.5 Å². The van der Waals surface area contributed by atoms with Crippen molar-refractivity contribution in [2.24, 2.45) is 7.05 Å². The first-order valence-corrected chi connectivity index (χ1v) is 8.02. The quantitative estimate of drug-likeness (QED) is 0.601. The Morgan fingerprint density at radius 1 is 1.25 bits per heavy atom. The van der Waals surface area contributed by atoms with Crippen LogP contribution in [0.3, 0.4) is 0 Å². The van der Waals surface area contributed by atoms with E-state index in [2.05, 4.69) is 6.92 Å². The number of ether oxygens (including phenoxy) is 2. The molecule has 6 heteroatoms. The van der Waals surface area contributed by atoms with Crippen molar-refractivity contribution in [2.75, 3.05) is 25.6 Å². The molecule has 6 nitrogen and oxygen atoms in total. The molecule has 0 fully saturated rings. The Hall–Kier alpha value is -2.50. The number of anilines is 1. The largest absolute Gasteiger partial charge is 0.489 e. The number of hydrogen-bond donors (Lipinski definition) is 0. The third-order valence-electron chi connectivity index (χ3n) is 3.80. The number of rotatable bonds is 6. The molecule has 0 spiro atoms. The molecule has 0 bridgehead atoms. The number of pyridine rings is 1. The van der Waals surface area contributed by atoms with Gasteiger partial charge < -0.3 is 18.9 Å². The van der Waals surface area contributed by atoms with Crippen LogP contribution in [0.1, 0.15) is 26.7 Å². The normalized spacial score (nSPS) is 10.7. The number of unbranched alkanes of at least 4 members (excludes halogenated alkanes) is 1. The van der Waals surface area contributed by atoms with Crippen molar-refractivity contribution >= 4 is 22.6 Å². The number of hydrogen-bond acceptors (Lipinski definition) is 5. The second kappa shape index (κ2) is 7.38. The van der Waals surface area contributed by atoms with E-state index in [9.17, 15) is 9.59 Å². The van der Waals surface area contributed by atoms with Crippen LogP contribution >= 0.6 is 0 Å². The highest BCUT2D eigenvalue weighted by Crippen LogP contribution is 2.34. The molecule has 2 aromatic rings. The van der Waals surface area contributed by atoms with Gasteiger partial charge in [-0.05, 0) is 24.6 Å². The molecule has 0 atom stereocenters. The maximum atomic E-state index is 12.6. The van der Waals surface area contributed by atoms with Gasteiger partial charge in [0.2, 0.25) is 5.75 Å². The highest BCUT2D eigenvalue weighted by molar-refractivity contribution is 5.91. The first-order valence-electron chi connectivity index (χ1n) is 8.02. The molecule has 24 heavy (non-hydrogen) atoms. The summed E-state index contributed by atoms with van der Waals surface area (Å²) in [5.41, 5.74) is 1.31. The van der Waals surface area contributed by atoms with Crippen LogP contribution in [0, 0.1) is 0 Å². The van der Waals surface area contributed by atoms with Gasteiger partial charge in [0, 0.05) is 39.1 Å². The molecule has 0 N–H and O–H groups in total. The molecule has 2 rings (SSSR count). The molecule has 0 radical (unpaired) electrons. The predicted molar refractivity (Wildman–Crippen MR) is 95.2 cm³/mol. The average molecular weight is 332 g/mol. The molecule has 0 saturated carbocycles. The van der Waals surface area contributed by atoms with E-state index in [1.807, 2.05) is 37.2 Å². The van der Waals surface area contributed by atoms with E-state index in [1.54, 1.807) is 7.05 Å². The molecular weight excluding hydrogens is 308 g/mol. The average Bonchev–Trinajstić information content (AvgIpc) is 2.54. The number of nitrogens with zero attached hydrogens (tertiary/aromatic N) is 2. The lowest BCUT2D eigenvalue weighted by Crippen LogP contribution is -2.23. The van der Waals surface area contributed by atoms with Gasteiger partial charge >= 0.3 is 5.97 Å². The summed E-state index contributed by atoms with van der Waals surface area (Å²) >= 11 is 0. The highest BCUT2D eigenvalue weighted by atomic mass is 16.6. The van der Waals surface area contributed by atoms with Crippen molar-refractivity contribution in [3.05, 3.63) is 28.6 Å². The van der Waals surface area contributed by atoms with Crippen LogP contribution in [-0.2, 0) is 11.8 Å². The number of esters is 1. The number of carbonyl (C=O) groups is 1. The Labute approximate surface area is 141 Å². The fraction of sp³-hybridized carbons (Fsp3) is 0.444. The molecular formula is C18H24N2O4. The summed E-state index contributed by atoms with van der Waals surface area (Å²) in [7, 11) is 5.53. The van der Waals surface area contributed by atoms with Crippen LogP contribution < -0.4 is 19.9 Å². The van der Waals surface area contributed by atoms with Gasteiger partial charge in [-0.25, -0.2) is 0 Å². The number of fused-ring (bicyclic) bond motifs is 1. The number of carbonyl (C=O) groups excluding carboxylic acids is 1. The Morgan fingerprint density at radius 2 is 1.96 bits per heavy atom. The molecule has 1 aromatic heterocycles. The van der Waals surface area contributed by atoms with E-state index in [1.165, 1.54) is 11.5 Å². The van der Waals surface area contributed by atoms with Gasteiger partial charge in [-0.3, -0.25) is 9.59 Å². The maximum absolute atomic E-state index is 12.6. The smallest absolute Gasteiger partial charge is 0.308 e. The van der Waals surface area contributed by atoms with Crippen LogP contribution in [0.25, 0.3) is 10.9 Å². The number of benzene rings is 1. The number of aryl methyl sites for hydroxylation is 1. The van der Waals surface area contributed by atoms with Gasteiger partial charge in [0.25, 0.3) is 5.56 Å². The Kier molecular flexibility index (Phi) is 5.49. The SMILES string of the molecule is CCCCOc1c(OC(C)=O)c(=O)n(C)c2cc(N(C)C)ccc12. The summed E-state index contributed by atoms with van der Waals surface area (Å²) in [6.45, 7) is 3.79. The van der Waals surface area contributed by atoms with E-state index < -0.39 is 5.97 Å². The summed E-state index contributed by atoms with van der Waals surface area (Å²) in [5.74, 6) is -0.259. The fourth-order valence-electron chi connectivity index (χ4n) is 2.44. The minimum Gasteiger partial charge on any atom is -0.489 e. The first-order chi connectivity index (χ1) is 11.4. The molecule has 0 unspecified atom stereocenters. The molecule has 0 aliphatic rings. The van der Waals surface area contributed by atoms with Crippen molar-refractivity contribution in [2.45, 2.75) is 26.7 Å². The molecule has 1 heterocycles. The van der Waals surface area contributed by atoms with Gasteiger partial charge in [-0.15, -0.1) is 0 Å². The van der Waals surface area contributed by atoms with E-state index in [4.69, 9.17) is 9.47 Å². The second-order valence-electron chi connectivity index (χ2n) is 5.91. The van der Waals surface area contributed by atoms with Gasteiger partial charge in [0.15, 0.2) is 5.75 Å². The molecule has 0 aliphatic carbocycles. The van der Waals surface area contributed by atoms with Gasteiger partial charge in [-0.2, -0.15) is 0 Å². The zero-order chi connectivity index (χ0) is 17.9. The Balaban J connectivity index is 2.72. The van der Waals surface area contributed by atoms with Gasteiger partial charge in [0.1, 0.15) is 0 Å². The lowest BCUT2D eigenvalue weighted by atomic mass is 10.1. The van der Waals surface area contributed by atoms with Crippen molar-refractivity contribution in [1.82, 2.24) is 4.57 Å². The third-order valence-corrected chi connectivity index (χ3v) is 3.80. The highest BCUT2D eigenvalue weighted by Gasteiger charge is 2.20. The summed E-state index contributed by atoms with van der Waals surface area (Å²) in [6, 6.07) is 5.75. The summed E-state index contributed by atoms with van der Waals surface area (Å²) in [6.07, 6.45) is 1.82. The topological polar surface area (TPSA) is 60.8 Å². The van der Waals surface area contributed by atoms with Gasteiger partial charge in [-0.1, -0.05) is 13.3 Å². The van der Waals surface area contributed by atoms with Crippen molar-refractivity contribution in [1.29, 1.82) is 0 Å². The number of aromatic nitrogens is 1. The monoisotopic (exact) mass is 332 g/mol. The summed E-state index contributed by atoms with van der Waals surface area (Å²) in [5, 5.41) is 0.745. The molecule has 0 saturated heterocycles. The van der Waals surface area contributed by atoms with Crippen LogP contribution in [0.15, 0.2) is 23.0 Å². The Morgan fingerprint density at radius 3 is 2.54 bits per heavy atom. The zero-order valence-corrected chi connectivity index (χ0v) is 14.9. The van der Waals surface area contributed by atoms with Crippen molar-refractivity contribution < 1.29 is 14.3 Å². The molecule has 1 aromatic carbocycles. The van der Waals surface area contributed by atoms with E-state index in [0.29, 0.717) is 12.4 Å². The Bertz CT molecular complexity index is 809. The minimum absolute atomic E-state index is 0.0498. The zero-order valence-electron chi connectivity index (χ0n) is 14.9. The van der Waals surface area contributed by atoms with E-state index in [-0.39, 0.29) is 11.3 Å². The maximum Gasteiger partial charge on any atom is 0.308 e. The first kappa shape index (κ1) is 17.8. The minimum atomic E-state index is -0.545. The lowest BCUT2D eigenvalue weighted by molar-refractivity contribution is -0.132. The van der Waals surface area contributed by atoms with Crippen LogP contribution in [0.2, 0.25) is 0 Å². The lowest BCUT2D eigenvalue weighted by Gasteiger charge is -2.18. The molecule has 130 valence electrons.